The number of hydrogen-bond acceptors (Lipinski definition) is 4. The van der Waals surface area contributed by atoms with Crippen molar-refractivity contribution in [2.24, 2.45) is 0 Å². The fourth-order valence-electron chi connectivity index (χ4n) is 2.78. The first kappa shape index (κ1) is 22.1. The second-order valence-corrected chi connectivity index (χ2v) is 6.33. The molecule has 1 N–H and O–H groups in total. The average Bonchev–Trinajstić information content (AvgIpc) is 2.68. The topological polar surface area (TPSA) is 67.9 Å². The van der Waals surface area contributed by atoms with E-state index in [-0.39, 0.29) is 29.5 Å². The molecule has 0 saturated heterocycles. The minimum Gasteiger partial charge on any atom is -0.493 e. The molecule has 0 spiro atoms. The van der Waals surface area contributed by atoms with Crippen LogP contribution in [0.4, 0.5) is 14.5 Å². The van der Waals surface area contributed by atoms with Crippen molar-refractivity contribution < 1.29 is 27.8 Å². The fraction of sp³-hybridized carbons (Fsp3) is 0.333. The molecule has 6 nitrogen and oxygen atoms in total. The van der Waals surface area contributed by atoms with Crippen molar-refractivity contribution in [1.82, 2.24) is 4.90 Å². The van der Waals surface area contributed by atoms with E-state index >= 15 is 0 Å². The predicted molar refractivity (Wildman–Crippen MR) is 106 cm³/mol. The molecule has 0 aromatic heterocycles. The van der Waals surface area contributed by atoms with Gasteiger partial charge < -0.3 is 19.7 Å². The highest BCUT2D eigenvalue weighted by atomic mass is 19.3. The summed E-state index contributed by atoms with van der Waals surface area (Å²) in [4.78, 5) is 26.7. The Balaban J connectivity index is 2.18. The highest BCUT2D eigenvalue weighted by Gasteiger charge is 2.21. The number of nitrogens with one attached hydrogen (secondary N) is 1. The second-order valence-electron chi connectivity index (χ2n) is 6.33. The highest BCUT2D eigenvalue weighted by molar-refractivity contribution is 6.00. The van der Waals surface area contributed by atoms with Gasteiger partial charge in [0.2, 0.25) is 5.91 Å². The Kier molecular flexibility index (Phi) is 7.94. The van der Waals surface area contributed by atoms with Crippen LogP contribution in [-0.4, -0.2) is 43.5 Å². The summed E-state index contributed by atoms with van der Waals surface area (Å²) in [6.45, 7) is 0.849. The summed E-state index contributed by atoms with van der Waals surface area (Å²) in [6.07, 6.45) is 0.625. The maximum absolute atomic E-state index is 12.9. The molecule has 2 aromatic rings. The van der Waals surface area contributed by atoms with Crippen molar-refractivity contribution in [1.29, 1.82) is 0 Å². The Hall–Kier alpha value is -3.16. The second kappa shape index (κ2) is 10.4. The maximum atomic E-state index is 12.9. The zero-order chi connectivity index (χ0) is 21.4. The number of ether oxygens (including phenoxy) is 2. The van der Waals surface area contributed by atoms with Gasteiger partial charge in [0.1, 0.15) is 6.54 Å². The lowest BCUT2D eigenvalue weighted by molar-refractivity contribution is -0.116. The van der Waals surface area contributed by atoms with Crippen molar-refractivity contribution in [2.45, 2.75) is 26.9 Å². The largest absolute Gasteiger partial charge is 0.493 e. The third-order valence-electron chi connectivity index (χ3n) is 4.16. The molecule has 0 radical (unpaired) electrons. The van der Waals surface area contributed by atoms with Gasteiger partial charge in [0.25, 0.3) is 5.91 Å². The normalized spacial score (nSPS) is 10.6. The molecular weight excluding hydrogens is 382 g/mol. The number of anilines is 1. The zero-order valence-corrected chi connectivity index (χ0v) is 16.6. The van der Waals surface area contributed by atoms with Crippen LogP contribution in [0.5, 0.6) is 11.5 Å². The molecule has 2 amide bonds. The van der Waals surface area contributed by atoms with E-state index < -0.39 is 12.5 Å². The number of carbonyl (C=O) groups excluding carboxylic acids is 2. The van der Waals surface area contributed by atoms with E-state index in [9.17, 15) is 18.4 Å². The molecule has 2 aromatic carbocycles. The number of aryl methyl sites for hydroxylation is 1. The minimum absolute atomic E-state index is 0.0844. The van der Waals surface area contributed by atoms with E-state index in [1.807, 2.05) is 26.0 Å². The molecule has 0 bridgehead atoms. The summed E-state index contributed by atoms with van der Waals surface area (Å²) < 4.78 is 34.7. The molecule has 2 rings (SSSR count). The minimum atomic E-state index is -3.05. The Labute approximate surface area is 168 Å². The Morgan fingerprint density at radius 1 is 1.14 bits per heavy atom. The molecule has 0 aliphatic heterocycles. The molecule has 0 fully saturated rings. The number of amides is 2. The van der Waals surface area contributed by atoms with Crippen LogP contribution in [0.15, 0.2) is 42.5 Å². The molecule has 156 valence electrons. The van der Waals surface area contributed by atoms with Crippen LogP contribution < -0.4 is 14.8 Å². The number of halogens is 2. The number of methoxy groups -OCH3 is 1. The van der Waals surface area contributed by atoms with Gasteiger partial charge in [-0.05, 0) is 43.2 Å². The van der Waals surface area contributed by atoms with E-state index in [1.165, 1.54) is 30.2 Å². The number of benzene rings is 2. The number of para-hydroxylation sites is 1. The first-order valence-corrected chi connectivity index (χ1v) is 9.13. The van der Waals surface area contributed by atoms with Gasteiger partial charge >= 0.3 is 6.61 Å². The van der Waals surface area contributed by atoms with Crippen LogP contribution >= 0.6 is 0 Å². The third-order valence-corrected chi connectivity index (χ3v) is 4.16. The van der Waals surface area contributed by atoms with Gasteiger partial charge in [-0.1, -0.05) is 25.1 Å². The number of hydrogen-bond donors (Lipinski definition) is 1. The summed E-state index contributed by atoms with van der Waals surface area (Å²) >= 11 is 0. The van der Waals surface area contributed by atoms with E-state index in [4.69, 9.17) is 4.74 Å². The SMILES string of the molecule is CCCN(CC(=O)Nc1ccccc1C)C(=O)c1ccc(OC)c(OC(F)F)c1. The number of carbonyl (C=O) groups is 2. The summed E-state index contributed by atoms with van der Waals surface area (Å²) in [5, 5.41) is 2.78. The van der Waals surface area contributed by atoms with Gasteiger partial charge in [-0.3, -0.25) is 9.59 Å². The average molecular weight is 406 g/mol. The standard InChI is InChI=1S/C21H24F2N2O4/c1-4-11-25(13-19(26)24-16-8-6-5-7-14(16)2)20(27)15-9-10-17(28-3)18(12-15)29-21(22)23/h5-10,12,21H,4,11,13H2,1-3H3,(H,24,26). The van der Waals surface area contributed by atoms with Crippen LogP contribution in [0.1, 0.15) is 29.3 Å². The Bertz CT molecular complexity index is 858. The lowest BCUT2D eigenvalue weighted by Crippen LogP contribution is -2.38. The maximum Gasteiger partial charge on any atom is 0.387 e. The predicted octanol–water partition coefficient (Wildman–Crippen LogP) is 4.10. The van der Waals surface area contributed by atoms with E-state index in [0.29, 0.717) is 18.7 Å². The summed E-state index contributed by atoms with van der Waals surface area (Å²) in [6, 6.07) is 11.3. The van der Waals surface area contributed by atoms with Gasteiger partial charge in [0.05, 0.1) is 7.11 Å². The van der Waals surface area contributed by atoms with E-state index in [2.05, 4.69) is 10.1 Å². The molecule has 0 aliphatic rings. The third kappa shape index (κ3) is 6.17. The molecule has 0 heterocycles. The molecule has 0 atom stereocenters. The van der Waals surface area contributed by atoms with Crippen LogP contribution in [0.3, 0.4) is 0 Å². The lowest BCUT2D eigenvalue weighted by atomic mass is 10.1. The first-order chi connectivity index (χ1) is 13.8. The zero-order valence-electron chi connectivity index (χ0n) is 16.6. The van der Waals surface area contributed by atoms with Crippen LogP contribution in [0.2, 0.25) is 0 Å². The van der Waals surface area contributed by atoms with Gasteiger partial charge in [-0.2, -0.15) is 8.78 Å². The molecule has 0 saturated carbocycles. The molecule has 0 aliphatic carbocycles. The van der Waals surface area contributed by atoms with Gasteiger partial charge in [0.15, 0.2) is 11.5 Å². The number of alkyl halides is 2. The smallest absolute Gasteiger partial charge is 0.387 e. The van der Waals surface area contributed by atoms with Crippen LogP contribution in [0.25, 0.3) is 0 Å². The van der Waals surface area contributed by atoms with Crippen molar-refractivity contribution in [3.63, 3.8) is 0 Å². The summed E-state index contributed by atoms with van der Waals surface area (Å²) in [5.41, 5.74) is 1.69. The van der Waals surface area contributed by atoms with Crippen molar-refractivity contribution in [3.05, 3.63) is 53.6 Å². The van der Waals surface area contributed by atoms with Crippen molar-refractivity contribution in [3.8, 4) is 11.5 Å². The Morgan fingerprint density at radius 2 is 1.86 bits per heavy atom. The quantitative estimate of drug-likeness (QED) is 0.681. The van der Waals surface area contributed by atoms with Gasteiger partial charge in [-0.25, -0.2) is 0 Å². The van der Waals surface area contributed by atoms with E-state index in [0.717, 1.165) is 5.56 Å². The van der Waals surface area contributed by atoms with Crippen molar-refractivity contribution in [2.75, 3.05) is 25.5 Å². The van der Waals surface area contributed by atoms with Crippen LogP contribution in [0, 0.1) is 6.92 Å². The lowest BCUT2D eigenvalue weighted by Gasteiger charge is -2.22. The highest BCUT2D eigenvalue weighted by Crippen LogP contribution is 2.30. The Morgan fingerprint density at radius 3 is 2.48 bits per heavy atom. The first-order valence-electron chi connectivity index (χ1n) is 9.13. The molecular formula is C21H24F2N2O4. The number of rotatable bonds is 9. The fourth-order valence-corrected chi connectivity index (χ4v) is 2.78. The van der Waals surface area contributed by atoms with Gasteiger partial charge in [0, 0.05) is 17.8 Å². The molecule has 0 unspecified atom stereocenters. The summed E-state index contributed by atoms with van der Waals surface area (Å²) in [7, 11) is 1.31. The van der Waals surface area contributed by atoms with Crippen LogP contribution in [-0.2, 0) is 4.79 Å². The molecule has 29 heavy (non-hydrogen) atoms. The van der Waals surface area contributed by atoms with E-state index in [1.54, 1.807) is 12.1 Å². The monoisotopic (exact) mass is 406 g/mol. The molecule has 8 heteroatoms. The van der Waals surface area contributed by atoms with Crippen molar-refractivity contribution >= 4 is 17.5 Å². The number of nitrogens with zero attached hydrogens (tertiary/aromatic N) is 1. The van der Waals surface area contributed by atoms with Gasteiger partial charge in [-0.15, -0.1) is 0 Å². The summed E-state index contributed by atoms with van der Waals surface area (Å²) in [5.74, 6) is -0.970.